The molecule has 0 aromatic carbocycles. The number of hydrogen-bond donors (Lipinski definition) is 1. The van der Waals surface area contributed by atoms with Gasteiger partial charge in [0.05, 0.1) is 0 Å². The van der Waals surface area contributed by atoms with Crippen molar-refractivity contribution >= 4 is 5.97 Å². The number of aliphatic carboxylic acids is 1. The summed E-state index contributed by atoms with van der Waals surface area (Å²) in [6.45, 7) is 2.32. The fraction of sp³-hybridized carbons (Fsp3) is 0.938. The fourth-order valence-corrected chi connectivity index (χ4v) is 4.97. The molecule has 2 saturated carbocycles. The van der Waals surface area contributed by atoms with E-state index in [4.69, 9.17) is 0 Å². The van der Waals surface area contributed by atoms with Crippen molar-refractivity contribution in [3.05, 3.63) is 0 Å². The molecule has 3 nitrogen and oxygen atoms in total. The quantitative estimate of drug-likeness (QED) is 0.833. The molecule has 2 aliphatic carbocycles. The summed E-state index contributed by atoms with van der Waals surface area (Å²) in [6, 6.07) is 0.894. The molecule has 5 unspecified atom stereocenters. The first-order valence-electron chi connectivity index (χ1n) is 8.18. The normalized spacial score (nSPS) is 43.9. The third kappa shape index (κ3) is 2.42. The lowest BCUT2D eigenvalue weighted by molar-refractivity contribution is -0.151. The Kier molecular flexibility index (Phi) is 3.84. The summed E-state index contributed by atoms with van der Waals surface area (Å²) >= 11 is 0. The fourth-order valence-electron chi connectivity index (χ4n) is 4.97. The van der Waals surface area contributed by atoms with Gasteiger partial charge in [0.1, 0.15) is 6.04 Å². The highest BCUT2D eigenvalue weighted by Gasteiger charge is 2.46. The molecular weight excluding hydrogens is 238 g/mol. The summed E-state index contributed by atoms with van der Waals surface area (Å²) < 4.78 is 0. The van der Waals surface area contributed by atoms with Gasteiger partial charge in [-0.15, -0.1) is 0 Å². The molecule has 3 aliphatic rings. The second kappa shape index (κ2) is 5.43. The van der Waals surface area contributed by atoms with Crippen LogP contribution in [0, 0.1) is 11.8 Å². The molecule has 19 heavy (non-hydrogen) atoms. The van der Waals surface area contributed by atoms with Crippen molar-refractivity contribution in [2.45, 2.75) is 82.8 Å². The van der Waals surface area contributed by atoms with Crippen molar-refractivity contribution < 1.29 is 9.90 Å². The van der Waals surface area contributed by atoms with E-state index < -0.39 is 5.97 Å². The predicted octanol–water partition coefficient (Wildman–Crippen LogP) is 3.28. The molecule has 5 atom stereocenters. The Hall–Kier alpha value is -0.570. The van der Waals surface area contributed by atoms with E-state index in [1.807, 2.05) is 0 Å². The van der Waals surface area contributed by atoms with Gasteiger partial charge in [0.25, 0.3) is 0 Å². The Morgan fingerprint density at radius 2 is 1.68 bits per heavy atom. The lowest BCUT2D eigenvalue weighted by Crippen LogP contribution is -2.59. The third-order valence-corrected chi connectivity index (χ3v) is 5.91. The summed E-state index contributed by atoms with van der Waals surface area (Å²) in [6.07, 6.45) is 11.0. The van der Waals surface area contributed by atoms with Crippen LogP contribution in [0.1, 0.15) is 64.7 Å². The van der Waals surface area contributed by atoms with Crippen LogP contribution >= 0.6 is 0 Å². The van der Waals surface area contributed by atoms with E-state index in [9.17, 15) is 9.90 Å². The molecule has 0 amide bonds. The highest BCUT2D eigenvalue weighted by atomic mass is 16.4. The number of piperidine rings is 1. The Bertz CT molecular complexity index is 344. The van der Waals surface area contributed by atoms with Gasteiger partial charge >= 0.3 is 5.97 Å². The first-order valence-corrected chi connectivity index (χ1v) is 8.18. The standard InChI is InChI=1S/C16H27NO2/c1-11-5-4-8-13(11)17-14-7-3-2-6-12(14)9-10-15(17)16(18)19/h11-15H,2-10H2,1H3,(H,18,19). The van der Waals surface area contributed by atoms with Crippen LogP contribution in [0.15, 0.2) is 0 Å². The van der Waals surface area contributed by atoms with Gasteiger partial charge in [0.2, 0.25) is 0 Å². The summed E-state index contributed by atoms with van der Waals surface area (Å²) in [5.74, 6) is 0.878. The lowest BCUT2D eigenvalue weighted by Gasteiger charge is -2.50. The minimum absolute atomic E-state index is 0.204. The number of fused-ring (bicyclic) bond motifs is 1. The van der Waals surface area contributed by atoms with Crippen LogP contribution in [0.4, 0.5) is 0 Å². The average molecular weight is 265 g/mol. The second-order valence-corrected chi connectivity index (χ2v) is 6.97. The number of nitrogens with zero attached hydrogens (tertiary/aromatic N) is 1. The van der Waals surface area contributed by atoms with Crippen LogP contribution in [0.2, 0.25) is 0 Å². The third-order valence-electron chi connectivity index (χ3n) is 5.91. The zero-order valence-corrected chi connectivity index (χ0v) is 12.1. The van der Waals surface area contributed by atoms with Gasteiger partial charge < -0.3 is 5.11 Å². The Morgan fingerprint density at radius 1 is 0.947 bits per heavy atom. The Morgan fingerprint density at radius 3 is 2.37 bits per heavy atom. The molecule has 0 aromatic heterocycles. The van der Waals surface area contributed by atoms with Gasteiger partial charge in [-0.3, -0.25) is 9.69 Å². The molecule has 1 heterocycles. The summed E-state index contributed by atoms with van der Waals surface area (Å²) in [5.41, 5.74) is 0. The topological polar surface area (TPSA) is 40.5 Å². The number of carbonyl (C=O) groups is 1. The maximum absolute atomic E-state index is 11.7. The monoisotopic (exact) mass is 265 g/mol. The molecular formula is C16H27NO2. The highest BCUT2D eigenvalue weighted by Crippen LogP contribution is 2.43. The number of hydrogen-bond acceptors (Lipinski definition) is 2. The van der Waals surface area contributed by atoms with Crippen LogP contribution in [0.5, 0.6) is 0 Å². The minimum Gasteiger partial charge on any atom is -0.480 e. The van der Waals surface area contributed by atoms with Crippen molar-refractivity contribution in [2.75, 3.05) is 0 Å². The molecule has 0 aromatic rings. The minimum atomic E-state index is -0.580. The Labute approximate surface area is 116 Å². The van der Waals surface area contributed by atoms with Crippen molar-refractivity contribution in [2.24, 2.45) is 11.8 Å². The van der Waals surface area contributed by atoms with Crippen molar-refractivity contribution in [3.8, 4) is 0 Å². The van der Waals surface area contributed by atoms with Crippen LogP contribution in [0.25, 0.3) is 0 Å². The maximum atomic E-state index is 11.7. The number of likely N-dealkylation sites (tertiary alicyclic amines) is 1. The molecule has 0 bridgehead atoms. The molecule has 1 saturated heterocycles. The van der Waals surface area contributed by atoms with E-state index in [-0.39, 0.29) is 6.04 Å². The highest BCUT2D eigenvalue weighted by molar-refractivity contribution is 5.73. The van der Waals surface area contributed by atoms with Crippen molar-refractivity contribution in [1.29, 1.82) is 0 Å². The summed E-state index contributed by atoms with van der Waals surface area (Å²) in [5, 5.41) is 9.60. The number of rotatable bonds is 2. The molecule has 3 heteroatoms. The van der Waals surface area contributed by atoms with Gasteiger partial charge in [0.15, 0.2) is 0 Å². The zero-order chi connectivity index (χ0) is 13.4. The van der Waals surface area contributed by atoms with Crippen molar-refractivity contribution in [3.63, 3.8) is 0 Å². The second-order valence-electron chi connectivity index (χ2n) is 6.97. The predicted molar refractivity (Wildman–Crippen MR) is 75.0 cm³/mol. The van der Waals surface area contributed by atoms with Gasteiger partial charge in [0, 0.05) is 12.1 Å². The maximum Gasteiger partial charge on any atom is 0.320 e. The van der Waals surface area contributed by atoms with Gasteiger partial charge in [-0.05, 0) is 50.4 Å². The van der Waals surface area contributed by atoms with Crippen LogP contribution in [-0.4, -0.2) is 34.1 Å². The van der Waals surface area contributed by atoms with Gasteiger partial charge in [-0.25, -0.2) is 0 Å². The van der Waals surface area contributed by atoms with Crippen LogP contribution in [-0.2, 0) is 4.79 Å². The smallest absolute Gasteiger partial charge is 0.320 e. The number of carboxylic acid groups (broad SMARTS) is 1. The largest absolute Gasteiger partial charge is 0.480 e. The first-order chi connectivity index (χ1) is 9.18. The van der Waals surface area contributed by atoms with Gasteiger partial charge in [-0.1, -0.05) is 26.2 Å². The van der Waals surface area contributed by atoms with Crippen molar-refractivity contribution in [1.82, 2.24) is 4.90 Å². The van der Waals surface area contributed by atoms with E-state index >= 15 is 0 Å². The molecule has 0 spiro atoms. The Balaban J connectivity index is 1.85. The van der Waals surface area contributed by atoms with E-state index in [0.29, 0.717) is 18.0 Å². The van der Waals surface area contributed by atoms with E-state index in [1.54, 1.807) is 0 Å². The zero-order valence-electron chi connectivity index (χ0n) is 12.1. The SMILES string of the molecule is CC1CCCC1N1C(C(=O)O)CCC2CCCCC21. The molecule has 108 valence electrons. The molecule has 0 radical (unpaired) electrons. The lowest BCUT2D eigenvalue weighted by atomic mass is 9.75. The van der Waals surface area contributed by atoms with E-state index in [2.05, 4.69) is 11.8 Å². The average Bonchev–Trinajstić information content (AvgIpc) is 2.83. The first kappa shape index (κ1) is 13.4. The van der Waals surface area contributed by atoms with Crippen LogP contribution in [0.3, 0.4) is 0 Å². The molecule has 1 N–H and O–H groups in total. The summed E-state index contributed by atoms with van der Waals surface area (Å²) in [4.78, 5) is 14.1. The summed E-state index contributed by atoms with van der Waals surface area (Å²) in [7, 11) is 0. The number of carboxylic acids is 1. The van der Waals surface area contributed by atoms with Gasteiger partial charge in [-0.2, -0.15) is 0 Å². The molecule has 3 fully saturated rings. The molecule has 3 rings (SSSR count). The van der Waals surface area contributed by atoms with Crippen LogP contribution < -0.4 is 0 Å². The van der Waals surface area contributed by atoms with E-state index in [0.717, 1.165) is 18.8 Å². The van der Waals surface area contributed by atoms with E-state index in [1.165, 1.54) is 44.9 Å². The molecule has 1 aliphatic heterocycles.